The van der Waals surface area contributed by atoms with Gasteiger partial charge >= 0.3 is 0 Å². The number of nitro benzene ring substituents is 1. The van der Waals surface area contributed by atoms with Crippen LogP contribution >= 0.6 is 23.4 Å². The second-order valence-electron chi connectivity index (χ2n) is 6.34. The first-order valence-electron chi connectivity index (χ1n) is 8.83. The zero-order valence-electron chi connectivity index (χ0n) is 15.9. The number of carbonyl (C=O) groups excluding carboxylic acids is 2. The number of non-ortho nitro benzene ring substituents is 1. The molecule has 2 heterocycles. The summed E-state index contributed by atoms with van der Waals surface area (Å²) in [7, 11) is 1.53. The molecular formula is C21H13ClN2O6S. The minimum Gasteiger partial charge on any atom is -0.497 e. The van der Waals surface area contributed by atoms with E-state index in [4.69, 9.17) is 20.8 Å². The molecule has 0 aliphatic carbocycles. The molecular weight excluding hydrogens is 444 g/mol. The van der Waals surface area contributed by atoms with Crippen LogP contribution in [0.2, 0.25) is 5.02 Å². The van der Waals surface area contributed by atoms with Gasteiger partial charge in [0.1, 0.15) is 17.3 Å². The number of methoxy groups -OCH3 is 1. The summed E-state index contributed by atoms with van der Waals surface area (Å²) in [6.45, 7) is 0. The molecule has 0 saturated carbocycles. The Morgan fingerprint density at radius 3 is 2.52 bits per heavy atom. The van der Waals surface area contributed by atoms with Gasteiger partial charge in [-0.05, 0) is 54.2 Å². The normalized spacial score (nSPS) is 15.0. The van der Waals surface area contributed by atoms with E-state index in [-0.39, 0.29) is 15.6 Å². The van der Waals surface area contributed by atoms with Crippen LogP contribution in [-0.2, 0) is 4.79 Å². The van der Waals surface area contributed by atoms with Gasteiger partial charge in [-0.15, -0.1) is 0 Å². The van der Waals surface area contributed by atoms with Crippen molar-refractivity contribution in [3.63, 3.8) is 0 Å². The zero-order valence-corrected chi connectivity index (χ0v) is 17.5. The summed E-state index contributed by atoms with van der Waals surface area (Å²) < 4.78 is 10.8. The van der Waals surface area contributed by atoms with Crippen LogP contribution in [0.4, 0.5) is 16.2 Å². The van der Waals surface area contributed by atoms with Crippen molar-refractivity contribution in [2.45, 2.75) is 0 Å². The molecule has 4 rings (SSSR count). The summed E-state index contributed by atoms with van der Waals surface area (Å²) in [6.07, 6.45) is 1.47. The molecule has 10 heteroatoms. The molecule has 1 fully saturated rings. The molecule has 1 aliphatic rings. The number of benzene rings is 2. The van der Waals surface area contributed by atoms with Gasteiger partial charge in [0.15, 0.2) is 0 Å². The van der Waals surface area contributed by atoms with Gasteiger partial charge in [0.2, 0.25) is 0 Å². The molecule has 31 heavy (non-hydrogen) atoms. The van der Waals surface area contributed by atoms with Crippen molar-refractivity contribution in [2.75, 3.05) is 12.0 Å². The van der Waals surface area contributed by atoms with Gasteiger partial charge in [-0.3, -0.25) is 19.7 Å². The third-order valence-corrected chi connectivity index (χ3v) is 5.64. The van der Waals surface area contributed by atoms with Crippen LogP contribution in [0.5, 0.6) is 5.75 Å². The number of imide groups is 1. The fourth-order valence-corrected chi connectivity index (χ4v) is 4.03. The maximum absolute atomic E-state index is 12.8. The minimum absolute atomic E-state index is 0.132. The number of amides is 2. The van der Waals surface area contributed by atoms with Gasteiger partial charge in [0.25, 0.3) is 16.8 Å². The number of furan rings is 1. The first-order valence-corrected chi connectivity index (χ1v) is 10.0. The fourth-order valence-electron chi connectivity index (χ4n) is 2.94. The highest BCUT2D eigenvalue weighted by Gasteiger charge is 2.36. The number of rotatable bonds is 5. The maximum atomic E-state index is 12.8. The van der Waals surface area contributed by atoms with Crippen LogP contribution in [0.3, 0.4) is 0 Å². The quantitative estimate of drug-likeness (QED) is 0.273. The summed E-state index contributed by atoms with van der Waals surface area (Å²) in [4.78, 5) is 36.8. The van der Waals surface area contributed by atoms with Gasteiger partial charge in [-0.25, -0.2) is 4.90 Å². The maximum Gasteiger partial charge on any atom is 0.298 e. The van der Waals surface area contributed by atoms with Crippen molar-refractivity contribution in [3.05, 3.63) is 80.4 Å². The smallest absolute Gasteiger partial charge is 0.298 e. The molecule has 2 aromatic carbocycles. The van der Waals surface area contributed by atoms with E-state index in [2.05, 4.69) is 0 Å². The van der Waals surface area contributed by atoms with E-state index in [1.165, 1.54) is 31.4 Å². The monoisotopic (exact) mass is 456 g/mol. The van der Waals surface area contributed by atoms with Crippen LogP contribution in [0.25, 0.3) is 17.4 Å². The van der Waals surface area contributed by atoms with Crippen LogP contribution in [0.15, 0.2) is 63.9 Å². The number of carbonyl (C=O) groups is 2. The SMILES string of the molecule is COc1ccc(N2C(=O)S/C(=C/c3ccc(-c4ccc([N+](=O)[O-])cc4Cl)o3)C2=O)cc1. The van der Waals surface area contributed by atoms with Crippen molar-refractivity contribution in [1.82, 2.24) is 0 Å². The second kappa shape index (κ2) is 8.29. The van der Waals surface area contributed by atoms with Crippen LogP contribution in [0, 0.1) is 10.1 Å². The van der Waals surface area contributed by atoms with E-state index in [0.717, 1.165) is 16.7 Å². The van der Waals surface area contributed by atoms with Gasteiger partial charge in [-0.1, -0.05) is 11.6 Å². The lowest BCUT2D eigenvalue weighted by atomic mass is 10.1. The molecule has 1 aromatic heterocycles. The van der Waals surface area contributed by atoms with Crippen LogP contribution in [-0.4, -0.2) is 23.2 Å². The van der Waals surface area contributed by atoms with Crippen molar-refractivity contribution in [3.8, 4) is 17.1 Å². The summed E-state index contributed by atoms with van der Waals surface area (Å²) >= 11 is 6.94. The molecule has 0 spiro atoms. The standard InChI is InChI=1S/C21H13ClN2O6S/c1-29-14-5-2-12(3-6-14)23-20(25)19(31-21(23)26)11-15-7-9-18(30-15)16-8-4-13(24(27)28)10-17(16)22/h2-11H,1H3/b19-11+. The zero-order chi connectivity index (χ0) is 22.1. The summed E-state index contributed by atoms with van der Waals surface area (Å²) in [5.41, 5.74) is 0.774. The number of nitrogens with zero attached hydrogens (tertiary/aromatic N) is 2. The molecule has 0 unspecified atom stereocenters. The molecule has 0 radical (unpaired) electrons. The van der Waals surface area contributed by atoms with E-state index in [1.807, 2.05) is 0 Å². The highest BCUT2D eigenvalue weighted by atomic mass is 35.5. The van der Waals surface area contributed by atoms with Crippen LogP contribution in [0.1, 0.15) is 5.76 Å². The highest BCUT2D eigenvalue weighted by molar-refractivity contribution is 8.19. The molecule has 0 atom stereocenters. The Hall–Kier alpha value is -3.56. The van der Waals surface area contributed by atoms with E-state index in [1.54, 1.807) is 36.4 Å². The summed E-state index contributed by atoms with van der Waals surface area (Å²) in [5, 5.41) is 10.6. The number of hydrogen-bond donors (Lipinski definition) is 0. The lowest BCUT2D eigenvalue weighted by Crippen LogP contribution is -2.27. The molecule has 0 N–H and O–H groups in total. The number of hydrogen-bond acceptors (Lipinski definition) is 7. The highest BCUT2D eigenvalue weighted by Crippen LogP contribution is 2.37. The number of thioether (sulfide) groups is 1. The molecule has 3 aromatic rings. The Kier molecular flexibility index (Phi) is 5.53. The van der Waals surface area contributed by atoms with Crippen LogP contribution < -0.4 is 9.64 Å². The third-order valence-electron chi connectivity index (χ3n) is 4.45. The van der Waals surface area contributed by atoms with Gasteiger partial charge < -0.3 is 9.15 Å². The lowest BCUT2D eigenvalue weighted by molar-refractivity contribution is -0.384. The van der Waals surface area contributed by atoms with E-state index in [0.29, 0.717) is 28.5 Å². The van der Waals surface area contributed by atoms with E-state index >= 15 is 0 Å². The molecule has 156 valence electrons. The third kappa shape index (κ3) is 4.05. The fraction of sp³-hybridized carbons (Fsp3) is 0.0476. The van der Waals surface area contributed by atoms with Gasteiger partial charge in [-0.2, -0.15) is 0 Å². The van der Waals surface area contributed by atoms with Gasteiger partial charge in [0, 0.05) is 23.8 Å². The Balaban J connectivity index is 1.58. The Morgan fingerprint density at radius 2 is 1.87 bits per heavy atom. The molecule has 2 amide bonds. The van der Waals surface area contributed by atoms with Crippen molar-refractivity contribution >= 4 is 52.0 Å². The van der Waals surface area contributed by atoms with E-state index < -0.39 is 16.1 Å². The second-order valence-corrected chi connectivity index (χ2v) is 7.74. The molecule has 1 saturated heterocycles. The summed E-state index contributed by atoms with van der Waals surface area (Å²) in [6, 6.07) is 13.9. The predicted octanol–water partition coefficient (Wildman–Crippen LogP) is 5.76. The Morgan fingerprint density at radius 1 is 1.13 bits per heavy atom. The first-order chi connectivity index (χ1) is 14.9. The number of nitro groups is 1. The minimum atomic E-state index is -0.540. The number of ether oxygens (including phenoxy) is 1. The first kappa shape index (κ1) is 20.7. The number of halogens is 1. The largest absolute Gasteiger partial charge is 0.497 e. The van der Waals surface area contributed by atoms with Crippen molar-refractivity contribution < 1.29 is 23.7 Å². The van der Waals surface area contributed by atoms with Gasteiger partial charge in [0.05, 0.1) is 27.6 Å². The topological polar surface area (TPSA) is 103 Å². The molecule has 0 bridgehead atoms. The number of anilines is 1. The van der Waals surface area contributed by atoms with E-state index in [9.17, 15) is 19.7 Å². The molecule has 8 nitrogen and oxygen atoms in total. The average Bonchev–Trinajstić information content (AvgIpc) is 3.32. The van der Waals surface area contributed by atoms with Crippen molar-refractivity contribution in [2.24, 2.45) is 0 Å². The predicted molar refractivity (Wildman–Crippen MR) is 117 cm³/mol. The van der Waals surface area contributed by atoms with Crippen molar-refractivity contribution in [1.29, 1.82) is 0 Å². The average molecular weight is 457 g/mol. The Bertz CT molecular complexity index is 1230. The lowest BCUT2D eigenvalue weighted by Gasteiger charge is -2.12. The Labute approximate surface area is 185 Å². The summed E-state index contributed by atoms with van der Waals surface area (Å²) in [5.74, 6) is 0.857. The molecule has 1 aliphatic heterocycles.